The van der Waals surface area contributed by atoms with Crippen LogP contribution >= 0.6 is 0 Å². The fourth-order valence-electron chi connectivity index (χ4n) is 2.52. The van der Waals surface area contributed by atoms with Crippen LogP contribution in [-0.4, -0.2) is 20.1 Å². The van der Waals surface area contributed by atoms with Crippen molar-refractivity contribution in [2.45, 2.75) is 26.1 Å². The van der Waals surface area contributed by atoms with E-state index in [-0.39, 0.29) is 12.4 Å². The minimum atomic E-state index is -0.622. The number of rotatable bonds is 6. The number of methoxy groups -OCH3 is 1. The van der Waals surface area contributed by atoms with Crippen LogP contribution in [-0.2, 0) is 17.9 Å². The summed E-state index contributed by atoms with van der Waals surface area (Å²) >= 11 is 0. The smallest absolute Gasteiger partial charge is 0.191 e. The second-order valence-electron chi connectivity index (χ2n) is 5.82. The zero-order valence-corrected chi connectivity index (χ0v) is 14.9. The van der Waals surface area contributed by atoms with E-state index >= 15 is 0 Å². The van der Waals surface area contributed by atoms with Gasteiger partial charge in [0, 0.05) is 37.9 Å². The lowest BCUT2D eigenvalue weighted by Crippen LogP contribution is -2.38. The van der Waals surface area contributed by atoms with Crippen LogP contribution in [0.2, 0.25) is 0 Å². The van der Waals surface area contributed by atoms with Crippen molar-refractivity contribution in [3.8, 4) is 0 Å². The Morgan fingerprint density at radius 2 is 1.88 bits per heavy atom. The highest BCUT2D eigenvalue weighted by Gasteiger charge is 2.13. The second-order valence-corrected chi connectivity index (χ2v) is 5.82. The molecule has 0 spiro atoms. The molecule has 0 bridgehead atoms. The molecule has 0 aliphatic rings. The topological polar surface area (TPSA) is 45.7 Å². The molecule has 4 nitrogen and oxygen atoms in total. The van der Waals surface area contributed by atoms with E-state index in [1.165, 1.54) is 25.3 Å². The Morgan fingerprint density at radius 1 is 1.12 bits per heavy atom. The van der Waals surface area contributed by atoms with Gasteiger partial charge in [0.2, 0.25) is 0 Å². The van der Waals surface area contributed by atoms with Gasteiger partial charge < -0.3 is 15.4 Å². The first kappa shape index (κ1) is 19.8. The Hall–Kier alpha value is -2.54. The number of nitrogens with zero attached hydrogens (tertiary/aromatic N) is 1. The van der Waals surface area contributed by atoms with Crippen LogP contribution in [0.1, 0.15) is 29.7 Å². The first-order valence-electron chi connectivity index (χ1n) is 8.13. The maximum atomic E-state index is 13.9. The Morgan fingerprint density at radius 3 is 2.54 bits per heavy atom. The molecule has 0 saturated carbocycles. The molecular weight excluding hydrogens is 343 g/mol. The van der Waals surface area contributed by atoms with Gasteiger partial charge in [0.05, 0.1) is 12.6 Å². The standard InChI is InChI=1S/C19H22F3N3O/c1-12(16-6-5-15(20)9-18(16)22)25-19(23-2)24-10-13-4-7-17(21)14(8-13)11-26-3/h4-9,12H,10-11H2,1-3H3,(H2,23,24,25). The molecule has 0 aliphatic carbocycles. The van der Waals surface area contributed by atoms with Crippen molar-refractivity contribution in [1.82, 2.24) is 10.6 Å². The third-order valence-electron chi connectivity index (χ3n) is 3.88. The van der Waals surface area contributed by atoms with Crippen molar-refractivity contribution in [3.05, 3.63) is 70.5 Å². The molecule has 0 heterocycles. The fraction of sp³-hybridized carbons (Fsp3) is 0.316. The number of benzene rings is 2. The van der Waals surface area contributed by atoms with E-state index in [1.807, 2.05) is 0 Å². The molecule has 26 heavy (non-hydrogen) atoms. The molecule has 7 heteroatoms. The Bertz CT molecular complexity index is 781. The first-order valence-corrected chi connectivity index (χ1v) is 8.13. The monoisotopic (exact) mass is 365 g/mol. The predicted octanol–water partition coefficient (Wildman–Crippen LogP) is 3.68. The molecule has 0 aliphatic heterocycles. The third kappa shape index (κ3) is 5.23. The molecule has 1 atom stereocenters. The molecule has 0 aromatic heterocycles. The normalized spacial score (nSPS) is 12.8. The molecule has 0 amide bonds. The lowest BCUT2D eigenvalue weighted by molar-refractivity contribution is 0.181. The van der Waals surface area contributed by atoms with E-state index in [4.69, 9.17) is 4.74 Å². The number of halogens is 3. The maximum Gasteiger partial charge on any atom is 0.191 e. The second kappa shape index (κ2) is 9.24. The number of hydrogen-bond donors (Lipinski definition) is 2. The van der Waals surface area contributed by atoms with Crippen LogP contribution in [0.15, 0.2) is 41.4 Å². The van der Waals surface area contributed by atoms with Gasteiger partial charge in [-0.2, -0.15) is 0 Å². The minimum Gasteiger partial charge on any atom is -0.380 e. The highest BCUT2D eigenvalue weighted by atomic mass is 19.1. The third-order valence-corrected chi connectivity index (χ3v) is 3.88. The fourth-order valence-corrected chi connectivity index (χ4v) is 2.52. The predicted molar refractivity (Wildman–Crippen MR) is 95.2 cm³/mol. The van der Waals surface area contributed by atoms with Crippen molar-refractivity contribution >= 4 is 5.96 Å². The van der Waals surface area contributed by atoms with Crippen LogP contribution in [0.5, 0.6) is 0 Å². The summed E-state index contributed by atoms with van der Waals surface area (Å²) in [7, 11) is 3.09. The van der Waals surface area contributed by atoms with Gasteiger partial charge in [-0.05, 0) is 30.7 Å². The van der Waals surface area contributed by atoms with Gasteiger partial charge >= 0.3 is 0 Å². The average molecular weight is 365 g/mol. The zero-order valence-electron chi connectivity index (χ0n) is 14.9. The highest BCUT2D eigenvalue weighted by Crippen LogP contribution is 2.17. The zero-order chi connectivity index (χ0) is 19.1. The summed E-state index contributed by atoms with van der Waals surface area (Å²) in [6.45, 7) is 2.33. The number of ether oxygens (including phenoxy) is 1. The van der Waals surface area contributed by atoms with E-state index in [0.717, 1.165) is 11.6 Å². The molecule has 0 saturated heterocycles. The van der Waals surface area contributed by atoms with Gasteiger partial charge in [-0.1, -0.05) is 12.1 Å². The average Bonchev–Trinajstić information content (AvgIpc) is 2.61. The van der Waals surface area contributed by atoms with Crippen molar-refractivity contribution in [3.63, 3.8) is 0 Å². The Kier molecular flexibility index (Phi) is 7.03. The molecular formula is C19H22F3N3O. The summed E-state index contributed by atoms with van der Waals surface area (Å²) in [5.74, 6) is -1.12. The summed E-state index contributed by atoms with van der Waals surface area (Å²) in [5, 5.41) is 6.13. The van der Waals surface area contributed by atoms with Crippen molar-refractivity contribution in [2.24, 2.45) is 4.99 Å². The lowest BCUT2D eigenvalue weighted by atomic mass is 10.1. The Balaban J connectivity index is 2.00. The number of hydrogen-bond acceptors (Lipinski definition) is 2. The van der Waals surface area contributed by atoms with Crippen LogP contribution < -0.4 is 10.6 Å². The van der Waals surface area contributed by atoms with Gasteiger partial charge in [-0.25, -0.2) is 13.2 Å². The SMILES string of the molecule is CN=C(NCc1ccc(F)c(COC)c1)NC(C)c1ccc(F)cc1F. The van der Waals surface area contributed by atoms with Gasteiger partial charge in [-0.3, -0.25) is 4.99 Å². The van der Waals surface area contributed by atoms with Crippen molar-refractivity contribution < 1.29 is 17.9 Å². The molecule has 2 N–H and O–H groups in total. The van der Waals surface area contributed by atoms with Crippen LogP contribution in [0, 0.1) is 17.5 Å². The van der Waals surface area contributed by atoms with Crippen LogP contribution in [0.25, 0.3) is 0 Å². The highest BCUT2D eigenvalue weighted by molar-refractivity contribution is 5.80. The summed E-state index contributed by atoms with van der Waals surface area (Å²) in [4.78, 5) is 4.09. The number of aliphatic imine (C=N–C) groups is 1. The minimum absolute atomic E-state index is 0.188. The van der Waals surface area contributed by atoms with Gasteiger partial charge in [0.25, 0.3) is 0 Å². The van der Waals surface area contributed by atoms with Crippen LogP contribution in [0.3, 0.4) is 0 Å². The molecule has 0 radical (unpaired) electrons. The summed E-state index contributed by atoms with van der Waals surface area (Å²) in [6.07, 6.45) is 0. The lowest BCUT2D eigenvalue weighted by Gasteiger charge is -2.19. The summed E-state index contributed by atoms with van der Waals surface area (Å²) in [5.41, 5.74) is 1.65. The molecule has 2 aromatic rings. The number of guanidine groups is 1. The van der Waals surface area contributed by atoms with E-state index in [0.29, 0.717) is 23.6 Å². The van der Waals surface area contributed by atoms with Gasteiger partial charge in [0.15, 0.2) is 5.96 Å². The quantitative estimate of drug-likeness (QED) is 0.606. The van der Waals surface area contributed by atoms with E-state index in [2.05, 4.69) is 15.6 Å². The molecule has 140 valence electrons. The summed E-state index contributed by atoms with van der Waals surface area (Å²) < 4.78 is 45.5. The molecule has 2 aromatic carbocycles. The van der Waals surface area contributed by atoms with Crippen molar-refractivity contribution in [2.75, 3.05) is 14.2 Å². The Labute approximate surface area is 151 Å². The molecule has 0 fully saturated rings. The molecule has 1 unspecified atom stereocenters. The van der Waals surface area contributed by atoms with E-state index in [9.17, 15) is 13.2 Å². The van der Waals surface area contributed by atoms with Gasteiger partial charge in [0.1, 0.15) is 17.5 Å². The molecule has 2 rings (SSSR count). The maximum absolute atomic E-state index is 13.9. The number of nitrogens with one attached hydrogen (secondary N) is 2. The largest absolute Gasteiger partial charge is 0.380 e. The summed E-state index contributed by atoms with van der Waals surface area (Å²) in [6, 6.07) is 7.80. The van der Waals surface area contributed by atoms with Gasteiger partial charge in [-0.15, -0.1) is 0 Å². The van der Waals surface area contributed by atoms with E-state index < -0.39 is 17.7 Å². The van der Waals surface area contributed by atoms with Crippen LogP contribution in [0.4, 0.5) is 13.2 Å². The van der Waals surface area contributed by atoms with E-state index in [1.54, 1.807) is 26.1 Å². The first-order chi connectivity index (χ1) is 12.4. The van der Waals surface area contributed by atoms with Crippen molar-refractivity contribution in [1.29, 1.82) is 0 Å².